The third-order valence-electron chi connectivity index (χ3n) is 3.11. The van der Waals surface area contributed by atoms with Crippen LogP contribution in [0.5, 0.6) is 0 Å². The van der Waals surface area contributed by atoms with Crippen molar-refractivity contribution in [3.05, 3.63) is 24.5 Å². The highest BCUT2D eigenvalue weighted by molar-refractivity contribution is 5.44. The van der Waals surface area contributed by atoms with Gasteiger partial charge in [0.1, 0.15) is 0 Å². The Kier molecular flexibility index (Phi) is 3.78. The van der Waals surface area contributed by atoms with E-state index >= 15 is 0 Å². The largest absolute Gasteiger partial charge is 0.370 e. The summed E-state index contributed by atoms with van der Waals surface area (Å²) in [5.74, 6) is 0.780. The van der Waals surface area contributed by atoms with Crippen molar-refractivity contribution in [2.75, 3.05) is 24.5 Å². The van der Waals surface area contributed by atoms with Crippen LogP contribution in [-0.4, -0.2) is 30.7 Å². The van der Waals surface area contributed by atoms with Crippen LogP contribution in [0, 0.1) is 5.92 Å². The standard InChI is InChI=1S/C13H21N3/c1-11(2)15-8-12-5-7-16(10-12)13-4-3-6-14-9-13/h3-4,6,9,11-12,15H,5,7-8,10H2,1-2H3. The Labute approximate surface area is 97.9 Å². The molecule has 1 atom stereocenters. The first-order valence-electron chi connectivity index (χ1n) is 6.14. The minimum atomic E-state index is 0.590. The number of hydrogen-bond acceptors (Lipinski definition) is 3. The van der Waals surface area contributed by atoms with Crippen molar-refractivity contribution >= 4 is 5.69 Å². The van der Waals surface area contributed by atoms with Gasteiger partial charge >= 0.3 is 0 Å². The van der Waals surface area contributed by atoms with Gasteiger partial charge in [-0.2, -0.15) is 0 Å². The third-order valence-corrected chi connectivity index (χ3v) is 3.11. The molecule has 0 bridgehead atoms. The van der Waals surface area contributed by atoms with Crippen molar-refractivity contribution < 1.29 is 0 Å². The van der Waals surface area contributed by atoms with E-state index in [9.17, 15) is 0 Å². The van der Waals surface area contributed by atoms with E-state index < -0.39 is 0 Å². The first-order chi connectivity index (χ1) is 7.75. The second-order valence-electron chi connectivity index (χ2n) is 4.87. The van der Waals surface area contributed by atoms with E-state index in [0.29, 0.717) is 6.04 Å². The molecule has 1 saturated heterocycles. The summed E-state index contributed by atoms with van der Waals surface area (Å²) in [5, 5.41) is 3.52. The SMILES string of the molecule is CC(C)NCC1CCN(c2cccnc2)C1. The van der Waals surface area contributed by atoms with Crippen LogP contribution in [0.2, 0.25) is 0 Å². The maximum absolute atomic E-state index is 4.17. The summed E-state index contributed by atoms with van der Waals surface area (Å²) in [6.07, 6.45) is 5.07. The fraction of sp³-hybridized carbons (Fsp3) is 0.615. The maximum Gasteiger partial charge on any atom is 0.0552 e. The Hall–Kier alpha value is -1.09. The molecule has 88 valence electrons. The van der Waals surface area contributed by atoms with Crippen LogP contribution in [0.15, 0.2) is 24.5 Å². The molecule has 0 saturated carbocycles. The van der Waals surface area contributed by atoms with Crippen LogP contribution in [0.3, 0.4) is 0 Å². The van der Waals surface area contributed by atoms with Gasteiger partial charge in [0.05, 0.1) is 11.9 Å². The van der Waals surface area contributed by atoms with E-state index in [1.807, 2.05) is 18.5 Å². The van der Waals surface area contributed by atoms with Crippen molar-refractivity contribution in [3.63, 3.8) is 0 Å². The second-order valence-corrected chi connectivity index (χ2v) is 4.87. The molecule has 0 spiro atoms. The van der Waals surface area contributed by atoms with Crippen molar-refractivity contribution in [1.82, 2.24) is 10.3 Å². The van der Waals surface area contributed by atoms with Gasteiger partial charge in [-0.3, -0.25) is 4.98 Å². The number of hydrogen-bond donors (Lipinski definition) is 1. The number of rotatable bonds is 4. The molecule has 0 aliphatic carbocycles. The van der Waals surface area contributed by atoms with Gasteiger partial charge in [0, 0.05) is 25.3 Å². The van der Waals surface area contributed by atoms with E-state index in [0.717, 1.165) is 25.6 Å². The molecule has 1 fully saturated rings. The van der Waals surface area contributed by atoms with Crippen molar-refractivity contribution in [2.24, 2.45) is 5.92 Å². The van der Waals surface area contributed by atoms with Gasteiger partial charge in [0.2, 0.25) is 0 Å². The van der Waals surface area contributed by atoms with Gasteiger partial charge in [-0.05, 0) is 31.0 Å². The van der Waals surface area contributed by atoms with E-state index in [1.165, 1.54) is 12.1 Å². The van der Waals surface area contributed by atoms with Gasteiger partial charge in [-0.25, -0.2) is 0 Å². The molecule has 2 rings (SSSR count). The van der Waals surface area contributed by atoms with Crippen LogP contribution in [0.25, 0.3) is 0 Å². The minimum absolute atomic E-state index is 0.590. The van der Waals surface area contributed by atoms with Gasteiger partial charge in [-0.1, -0.05) is 13.8 Å². The lowest BCUT2D eigenvalue weighted by molar-refractivity contribution is 0.480. The predicted octanol–water partition coefficient (Wildman–Crippen LogP) is 1.91. The van der Waals surface area contributed by atoms with Crippen LogP contribution in [0.4, 0.5) is 5.69 Å². The van der Waals surface area contributed by atoms with E-state index in [2.05, 4.69) is 35.1 Å². The molecule has 0 aromatic carbocycles. The quantitative estimate of drug-likeness (QED) is 0.838. The lowest BCUT2D eigenvalue weighted by Crippen LogP contribution is -2.30. The molecule has 1 aliphatic heterocycles. The molecular formula is C13H21N3. The minimum Gasteiger partial charge on any atom is -0.370 e. The first-order valence-corrected chi connectivity index (χ1v) is 6.14. The topological polar surface area (TPSA) is 28.2 Å². The predicted molar refractivity (Wildman–Crippen MR) is 67.7 cm³/mol. The van der Waals surface area contributed by atoms with Crippen LogP contribution in [-0.2, 0) is 0 Å². The second kappa shape index (κ2) is 5.30. The molecule has 0 radical (unpaired) electrons. The Balaban J connectivity index is 1.84. The Morgan fingerprint density at radius 3 is 3.12 bits per heavy atom. The molecule has 2 heterocycles. The zero-order valence-electron chi connectivity index (χ0n) is 10.2. The fourth-order valence-corrected chi connectivity index (χ4v) is 2.18. The number of pyridine rings is 1. The molecule has 1 aromatic rings. The highest BCUT2D eigenvalue weighted by Gasteiger charge is 2.22. The first kappa shape index (κ1) is 11.4. The van der Waals surface area contributed by atoms with Gasteiger partial charge in [-0.15, -0.1) is 0 Å². The van der Waals surface area contributed by atoms with Gasteiger partial charge < -0.3 is 10.2 Å². The number of nitrogens with one attached hydrogen (secondary N) is 1. The van der Waals surface area contributed by atoms with E-state index in [1.54, 1.807) is 0 Å². The summed E-state index contributed by atoms with van der Waals surface area (Å²) in [5.41, 5.74) is 1.26. The number of nitrogens with zero attached hydrogens (tertiary/aromatic N) is 2. The van der Waals surface area contributed by atoms with Gasteiger partial charge in [0.15, 0.2) is 0 Å². The molecule has 16 heavy (non-hydrogen) atoms. The summed E-state index contributed by atoms with van der Waals surface area (Å²) in [4.78, 5) is 6.60. The molecular weight excluding hydrogens is 198 g/mol. The van der Waals surface area contributed by atoms with Crippen LogP contribution in [0.1, 0.15) is 20.3 Å². The molecule has 1 aromatic heterocycles. The Morgan fingerprint density at radius 1 is 1.56 bits per heavy atom. The van der Waals surface area contributed by atoms with Crippen molar-refractivity contribution in [3.8, 4) is 0 Å². The normalized spacial score (nSPS) is 20.7. The highest BCUT2D eigenvalue weighted by Crippen LogP contribution is 2.22. The van der Waals surface area contributed by atoms with Crippen molar-refractivity contribution in [1.29, 1.82) is 0 Å². The number of aromatic nitrogens is 1. The third kappa shape index (κ3) is 2.95. The zero-order valence-corrected chi connectivity index (χ0v) is 10.2. The summed E-state index contributed by atoms with van der Waals surface area (Å²) < 4.78 is 0. The summed E-state index contributed by atoms with van der Waals surface area (Å²) in [7, 11) is 0. The smallest absolute Gasteiger partial charge is 0.0552 e. The average Bonchev–Trinajstić information content (AvgIpc) is 2.76. The fourth-order valence-electron chi connectivity index (χ4n) is 2.18. The summed E-state index contributed by atoms with van der Waals surface area (Å²) >= 11 is 0. The summed E-state index contributed by atoms with van der Waals surface area (Å²) in [6, 6.07) is 4.74. The highest BCUT2D eigenvalue weighted by atomic mass is 15.2. The van der Waals surface area contributed by atoms with Crippen LogP contribution < -0.4 is 10.2 Å². The maximum atomic E-state index is 4.17. The zero-order chi connectivity index (χ0) is 11.4. The van der Waals surface area contributed by atoms with E-state index in [-0.39, 0.29) is 0 Å². The van der Waals surface area contributed by atoms with E-state index in [4.69, 9.17) is 0 Å². The molecule has 3 heteroatoms. The number of anilines is 1. The average molecular weight is 219 g/mol. The lowest BCUT2D eigenvalue weighted by Gasteiger charge is -2.18. The monoisotopic (exact) mass is 219 g/mol. The molecule has 1 N–H and O–H groups in total. The Morgan fingerprint density at radius 2 is 2.44 bits per heavy atom. The molecule has 1 aliphatic rings. The summed E-state index contributed by atoms with van der Waals surface area (Å²) in [6.45, 7) is 7.86. The molecule has 1 unspecified atom stereocenters. The lowest BCUT2D eigenvalue weighted by atomic mass is 10.1. The van der Waals surface area contributed by atoms with Crippen LogP contribution >= 0.6 is 0 Å². The molecule has 0 amide bonds. The Bertz CT molecular complexity index is 310. The van der Waals surface area contributed by atoms with Crippen molar-refractivity contribution in [2.45, 2.75) is 26.3 Å². The van der Waals surface area contributed by atoms with Gasteiger partial charge in [0.25, 0.3) is 0 Å². The molecule has 3 nitrogen and oxygen atoms in total.